The van der Waals surface area contributed by atoms with E-state index in [1.54, 1.807) is 17.7 Å². The number of rotatable bonds is 8. The predicted octanol–water partition coefficient (Wildman–Crippen LogP) is 2.20. The second-order valence-corrected chi connectivity index (χ2v) is 11.3. The van der Waals surface area contributed by atoms with E-state index in [4.69, 9.17) is 10.5 Å². The van der Waals surface area contributed by atoms with Gasteiger partial charge < -0.3 is 20.5 Å². The average molecular weight is 502 g/mol. The lowest BCUT2D eigenvalue weighted by atomic mass is 9.92. The summed E-state index contributed by atoms with van der Waals surface area (Å²) in [6.07, 6.45) is 8.60. The highest BCUT2D eigenvalue weighted by Gasteiger charge is 2.34. The number of primary amides is 1. The van der Waals surface area contributed by atoms with Gasteiger partial charge in [0, 0.05) is 24.0 Å². The van der Waals surface area contributed by atoms with Crippen molar-refractivity contribution in [1.29, 1.82) is 0 Å². The number of aryl methyl sites for hydroxylation is 1. The first-order valence-corrected chi connectivity index (χ1v) is 13.6. The Balaban J connectivity index is 1.23. The van der Waals surface area contributed by atoms with Gasteiger partial charge in [-0.1, -0.05) is 0 Å². The molecule has 35 heavy (non-hydrogen) atoms. The number of ether oxygens (including phenoxy) is 1. The fourth-order valence-corrected chi connectivity index (χ4v) is 7.15. The average Bonchev–Trinajstić information content (AvgIpc) is 3.58. The van der Waals surface area contributed by atoms with Gasteiger partial charge in [-0.05, 0) is 76.3 Å². The van der Waals surface area contributed by atoms with E-state index in [1.165, 1.54) is 4.88 Å². The fourth-order valence-electron chi connectivity index (χ4n) is 5.92. The van der Waals surface area contributed by atoms with Crippen LogP contribution in [0.1, 0.15) is 67.7 Å². The van der Waals surface area contributed by atoms with Gasteiger partial charge in [-0.25, -0.2) is 9.97 Å². The van der Waals surface area contributed by atoms with E-state index < -0.39 is 12.0 Å². The third-order valence-corrected chi connectivity index (χ3v) is 9.09. The van der Waals surface area contributed by atoms with Crippen LogP contribution in [0, 0.1) is 0 Å². The zero-order chi connectivity index (χ0) is 24.5. The first kappa shape index (κ1) is 24.4. The Bertz CT molecular complexity index is 1080. The first-order chi connectivity index (χ1) is 16.9. The molecule has 2 aliphatic carbocycles. The lowest BCUT2D eigenvalue weighted by Crippen LogP contribution is -2.44. The summed E-state index contributed by atoms with van der Waals surface area (Å²) >= 11 is 1.65. The molecule has 0 unspecified atom stereocenters. The molecule has 5 rings (SSSR count). The Morgan fingerprint density at radius 2 is 1.97 bits per heavy atom. The molecule has 3 heterocycles. The van der Waals surface area contributed by atoms with Crippen LogP contribution in [0.4, 0.5) is 0 Å². The molecule has 2 aromatic heterocycles. The molecule has 3 aliphatic rings. The monoisotopic (exact) mass is 501 g/mol. The molecule has 0 aromatic carbocycles. The number of amides is 2. The second kappa shape index (κ2) is 10.4. The maximum atomic E-state index is 12.5. The SMILES string of the molecule is CN(CC(=O)N1CCCC1)C1CCC(Oc2ncnc3sc4c(c23)[C@@H](C[C@H](O)C(N)=O)CC4)CC1. The van der Waals surface area contributed by atoms with Gasteiger partial charge in [-0.15, -0.1) is 11.3 Å². The summed E-state index contributed by atoms with van der Waals surface area (Å²) in [5, 5.41) is 11.0. The quantitative estimate of drug-likeness (QED) is 0.569. The molecule has 190 valence electrons. The Labute approximate surface area is 209 Å². The van der Waals surface area contributed by atoms with Gasteiger partial charge in [0.1, 0.15) is 23.4 Å². The number of likely N-dealkylation sites (N-methyl/N-ethyl adjacent to an activating group) is 1. The smallest absolute Gasteiger partial charge is 0.246 e. The van der Waals surface area contributed by atoms with Crippen molar-refractivity contribution < 1.29 is 19.4 Å². The van der Waals surface area contributed by atoms with Gasteiger partial charge in [-0.3, -0.25) is 14.5 Å². The van der Waals surface area contributed by atoms with Gasteiger partial charge >= 0.3 is 0 Å². The molecule has 2 atom stereocenters. The number of hydrogen-bond donors (Lipinski definition) is 2. The van der Waals surface area contributed by atoms with Crippen LogP contribution in [-0.4, -0.2) is 81.6 Å². The van der Waals surface area contributed by atoms with Crippen LogP contribution in [-0.2, 0) is 16.0 Å². The number of aromatic nitrogens is 2. The number of aliphatic hydroxyl groups excluding tert-OH is 1. The molecular weight excluding hydrogens is 466 g/mol. The van der Waals surface area contributed by atoms with Crippen LogP contribution in [0.25, 0.3) is 10.2 Å². The third kappa shape index (κ3) is 5.15. The molecule has 9 nitrogen and oxygen atoms in total. The summed E-state index contributed by atoms with van der Waals surface area (Å²) in [5.41, 5.74) is 6.43. The molecule has 1 aliphatic heterocycles. The zero-order valence-electron chi connectivity index (χ0n) is 20.3. The van der Waals surface area contributed by atoms with E-state index in [-0.39, 0.29) is 17.9 Å². The molecule has 10 heteroatoms. The van der Waals surface area contributed by atoms with Crippen LogP contribution in [0.5, 0.6) is 5.88 Å². The van der Waals surface area contributed by atoms with Crippen molar-refractivity contribution in [3.05, 3.63) is 16.8 Å². The predicted molar refractivity (Wildman–Crippen MR) is 133 cm³/mol. The summed E-state index contributed by atoms with van der Waals surface area (Å²) < 4.78 is 6.45. The number of hydrogen-bond acceptors (Lipinski definition) is 8. The van der Waals surface area contributed by atoms with Crippen molar-refractivity contribution in [2.24, 2.45) is 5.73 Å². The van der Waals surface area contributed by atoms with E-state index in [0.717, 1.165) is 80.2 Å². The van der Waals surface area contributed by atoms with Crippen molar-refractivity contribution in [1.82, 2.24) is 19.8 Å². The Morgan fingerprint density at radius 1 is 1.23 bits per heavy atom. The van der Waals surface area contributed by atoms with Crippen LogP contribution < -0.4 is 10.5 Å². The van der Waals surface area contributed by atoms with Crippen LogP contribution >= 0.6 is 11.3 Å². The van der Waals surface area contributed by atoms with E-state index in [2.05, 4.69) is 21.9 Å². The maximum Gasteiger partial charge on any atom is 0.246 e. The number of fused-ring (bicyclic) bond motifs is 3. The highest BCUT2D eigenvalue weighted by Crippen LogP contribution is 2.47. The molecule has 0 spiro atoms. The number of nitrogens with two attached hydrogens (primary N) is 1. The minimum atomic E-state index is -1.15. The van der Waals surface area contributed by atoms with Crippen molar-refractivity contribution in [3.8, 4) is 5.88 Å². The van der Waals surface area contributed by atoms with Gasteiger partial charge in [0.05, 0.1) is 11.9 Å². The van der Waals surface area contributed by atoms with Crippen molar-refractivity contribution in [2.75, 3.05) is 26.7 Å². The normalized spacial score (nSPS) is 25.2. The van der Waals surface area contributed by atoms with Gasteiger partial charge in [0.15, 0.2) is 0 Å². The Hall–Kier alpha value is -2.30. The van der Waals surface area contributed by atoms with Crippen molar-refractivity contribution >= 4 is 33.4 Å². The maximum absolute atomic E-state index is 12.5. The number of likely N-dealkylation sites (tertiary alicyclic amines) is 1. The lowest BCUT2D eigenvalue weighted by molar-refractivity contribution is -0.131. The van der Waals surface area contributed by atoms with Gasteiger partial charge in [-0.2, -0.15) is 0 Å². The highest BCUT2D eigenvalue weighted by molar-refractivity contribution is 7.19. The van der Waals surface area contributed by atoms with Gasteiger partial charge in [0.25, 0.3) is 0 Å². The van der Waals surface area contributed by atoms with Crippen LogP contribution in [0.15, 0.2) is 6.33 Å². The van der Waals surface area contributed by atoms with Crippen LogP contribution in [0.3, 0.4) is 0 Å². The molecule has 0 radical (unpaired) electrons. The van der Waals surface area contributed by atoms with E-state index in [9.17, 15) is 14.7 Å². The largest absolute Gasteiger partial charge is 0.474 e. The Morgan fingerprint density at radius 3 is 2.69 bits per heavy atom. The minimum Gasteiger partial charge on any atom is -0.474 e. The van der Waals surface area contributed by atoms with E-state index in [1.807, 2.05) is 4.90 Å². The van der Waals surface area contributed by atoms with E-state index in [0.29, 0.717) is 24.9 Å². The summed E-state index contributed by atoms with van der Waals surface area (Å²) in [7, 11) is 2.06. The zero-order valence-corrected chi connectivity index (χ0v) is 21.1. The van der Waals surface area contributed by atoms with Gasteiger partial charge in [0.2, 0.25) is 17.7 Å². The number of aliphatic hydroxyl groups is 1. The van der Waals surface area contributed by atoms with Crippen LogP contribution in [0.2, 0.25) is 0 Å². The highest BCUT2D eigenvalue weighted by atomic mass is 32.1. The minimum absolute atomic E-state index is 0.0483. The lowest BCUT2D eigenvalue weighted by Gasteiger charge is -2.35. The number of nitrogens with zero attached hydrogens (tertiary/aromatic N) is 4. The first-order valence-electron chi connectivity index (χ1n) is 12.8. The molecule has 1 saturated carbocycles. The Kier molecular flexibility index (Phi) is 7.22. The summed E-state index contributed by atoms with van der Waals surface area (Å²) in [6.45, 7) is 2.28. The molecule has 2 amide bonds. The molecular formula is C25H35N5O4S. The fraction of sp³-hybridized carbons (Fsp3) is 0.680. The summed E-state index contributed by atoms with van der Waals surface area (Å²) in [6, 6.07) is 0.386. The van der Waals surface area contributed by atoms with Crippen molar-refractivity contribution in [3.63, 3.8) is 0 Å². The van der Waals surface area contributed by atoms with Crippen molar-refractivity contribution in [2.45, 2.75) is 82.0 Å². The number of carbonyl (C=O) groups is 2. The summed E-state index contributed by atoms with van der Waals surface area (Å²) in [5.74, 6) is 0.213. The summed E-state index contributed by atoms with van der Waals surface area (Å²) in [4.78, 5) is 39.3. The van der Waals surface area contributed by atoms with E-state index >= 15 is 0 Å². The number of thiophene rings is 1. The second-order valence-electron chi connectivity index (χ2n) is 10.2. The molecule has 3 N–H and O–H groups in total. The number of carbonyl (C=O) groups excluding carboxylic acids is 2. The molecule has 2 fully saturated rings. The molecule has 0 bridgehead atoms. The topological polar surface area (TPSA) is 122 Å². The molecule has 1 saturated heterocycles. The third-order valence-electron chi connectivity index (χ3n) is 7.92. The standard InChI is InChI=1S/C25H35N5O4S/c1-29(13-20(32)30-10-2-3-11-30)16-5-7-17(8-6-16)34-24-22-21-15(12-18(31)23(26)33)4-9-19(21)35-25(22)28-14-27-24/h14-18,31H,2-13H2,1H3,(H2,26,33)/t15-,16?,17?,18+/m1/s1. The molecule has 2 aromatic rings.